The van der Waals surface area contributed by atoms with Gasteiger partial charge in [0.15, 0.2) is 5.96 Å². The first-order valence-electron chi connectivity index (χ1n) is 11.7. The Bertz CT molecular complexity index is 703. The van der Waals surface area contributed by atoms with Gasteiger partial charge in [0, 0.05) is 37.4 Å². The van der Waals surface area contributed by atoms with Gasteiger partial charge < -0.3 is 25.0 Å². The Morgan fingerprint density at radius 2 is 1.88 bits per heavy atom. The molecule has 2 aliphatic rings. The normalized spacial score (nSPS) is 20.0. The molecular weight excluding hydrogens is 517 g/mol. The van der Waals surface area contributed by atoms with Crippen LogP contribution < -0.4 is 15.4 Å². The minimum Gasteiger partial charge on any atom is -0.496 e. The highest BCUT2D eigenvalue weighted by molar-refractivity contribution is 14.0. The quantitative estimate of drug-likeness (QED) is 0.276. The lowest BCUT2D eigenvalue weighted by Gasteiger charge is -2.41. The summed E-state index contributed by atoms with van der Waals surface area (Å²) in [5, 5.41) is 7.08. The Morgan fingerprint density at radius 3 is 2.50 bits per heavy atom. The van der Waals surface area contributed by atoms with Crippen LogP contribution in [0.4, 0.5) is 0 Å². The molecule has 7 nitrogen and oxygen atoms in total. The van der Waals surface area contributed by atoms with Crippen LogP contribution in [0.15, 0.2) is 29.3 Å². The van der Waals surface area contributed by atoms with Crippen molar-refractivity contribution in [1.29, 1.82) is 0 Å². The predicted octanol–water partition coefficient (Wildman–Crippen LogP) is 3.12. The van der Waals surface area contributed by atoms with E-state index in [9.17, 15) is 0 Å². The lowest BCUT2D eigenvalue weighted by molar-refractivity contribution is -0.00255. The molecule has 2 saturated heterocycles. The number of likely N-dealkylation sites (tertiary alicyclic amines) is 1. The van der Waals surface area contributed by atoms with E-state index in [-0.39, 0.29) is 35.6 Å². The number of nitrogens with zero attached hydrogens (tertiary/aromatic N) is 3. The summed E-state index contributed by atoms with van der Waals surface area (Å²) < 4.78 is 11.3. The maximum Gasteiger partial charge on any atom is 0.191 e. The first-order valence-corrected chi connectivity index (χ1v) is 11.7. The van der Waals surface area contributed by atoms with E-state index in [2.05, 4.69) is 59.7 Å². The van der Waals surface area contributed by atoms with E-state index >= 15 is 0 Å². The van der Waals surface area contributed by atoms with E-state index in [0.29, 0.717) is 0 Å². The van der Waals surface area contributed by atoms with Gasteiger partial charge in [-0.15, -0.1) is 24.0 Å². The molecule has 1 atom stereocenters. The average molecular weight is 560 g/mol. The van der Waals surface area contributed by atoms with Crippen molar-refractivity contribution in [1.82, 2.24) is 20.4 Å². The third-order valence-corrected chi connectivity index (χ3v) is 6.79. The molecule has 0 amide bonds. The summed E-state index contributed by atoms with van der Waals surface area (Å²) in [4.78, 5) is 9.90. The third kappa shape index (κ3) is 6.95. The number of hydrogen-bond acceptors (Lipinski definition) is 5. The second-order valence-electron chi connectivity index (χ2n) is 8.81. The molecule has 1 aromatic rings. The van der Waals surface area contributed by atoms with E-state index in [0.717, 1.165) is 70.5 Å². The van der Waals surface area contributed by atoms with E-state index in [4.69, 9.17) is 14.5 Å². The second kappa shape index (κ2) is 13.6. The van der Waals surface area contributed by atoms with Gasteiger partial charge in [0.2, 0.25) is 0 Å². The number of methoxy groups -OCH3 is 1. The fourth-order valence-electron chi connectivity index (χ4n) is 4.69. The highest BCUT2D eigenvalue weighted by Crippen LogP contribution is 2.31. The Balaban J connectivity index is 0.00000363. The van der Waals surface area contributed by atoms with Crippen LogP contribution in [-0.2, 0) is 4.74 Å². The molecule has 0 radical (unpaired) electrons. The Labute approximate surface area is 211 Å². The molecule has 182 valence electrons. The van der Waals surface area contributed by atoms with Crippen LogP contribution in [-0.4, -0.2) is 88.4 Å². The lowest BCUT2D eigenvalue weighted by Crippen LogP contribution is -2.52. The minimum absolute atomic E-state index is 0. The van der Waals surface area contributed by atoms with E-state index in [1.54, 1.807) is 7.11 Å². The van der Waals surface area contributed by atoms with E-state index < -0.39 is 0 Å². The molecule has 0 saturated carbocycles. The number of likely N-dealkylation sites (N-methyl/N-ethyl adjacent to an activating group) is 1. The number of guanidine groups is 1. The fourth-order valence-corrected chi connectivity index (χ4v) is 4.69. The van der Waals surface area contributed by atoms with Crippen molar-refractivity contribution in [3.05, 3.63) is 29.8 Å². The number of aliphatic imine (C=N–C) groups is 1. The van der Waals surface area contributed by atoms with Crippen LogP contribution in [0, 0.1) is 0 Å². The first-order chi connectivity index (χ1) is 15.1. The number of nitrogens with one attached hydrogen (secondary N) is 2. The molecular formula is C24H42IN5O2. The zero-order valence-corrected chi connectivity index (χ0v) is 22.6. The molecule has 0 bridgehead atoms. The van der Waals surface area contributed by atoms with Crippen molar-refractivity contribution in [2.45, 2.75) is 44.2 Å². The predicted molar refractivity (Wildman–Crippen MR) is 142 cm³/mol. The average Bonchev–Trinajstić information content (AvgIpc) is 3.33. The van der Waals surface area contributed by atoms with Crippen LogP contribution in [0.2, 0.25) is 0 Å². The smallest absolute Gasteiger partial charge is 0.191 e. The van der Waals surface area contributed by atoms with Gasteiger partial charge >= 0.3 is 0 Å². The number of halogens is 1. The Kier molecular flexibility index (Phi) is 11.5. The van der Waals surface area contributed by atoms with Gasteiger partial charge in [0.25, 0.3) is 0 Å². The molecule has 3 rings (SSSR count). The molecule has 0 aliphatic carbocycles. The van der Waals surface area contributed by atoms with Crippen LogP contribution in [0.5, 0.6) is 5.75 Å². The van der Waals surface area contributed by atoms with Gasteiger partial charge in [0.1, 0.15) is 5.75 Å². The zero-order valence-electron chi connectivity index (χ0n) is 20.2. The molecule has 32 heavy (non-hydrogen) atoms. The standard InChI is InChI=1S/C24H41N5O2.HI/c1-5-25-23(27-19-24(28(2)3)12-16-31-17-13-24)26-18-21(29-14-8-9-15-29)20-10-6-7-11-22(20)30-4;/h6-7,10-11,21H,5,8-9,12-19H2,1-4H3,(H2,25,26,27);1H. The monoisotopic (exact) mass is 559 g/mol. The number of benzene rings is 1. The van der Waals surface area contributed by atoms with Crippen molar-refractivity contribution in [2.24, 2.45) is 4.99 Å². The van der Waals surface area contributed by atoms with Crippen LogP contribution >= 0.6 is 24.0 Å². The van der Waals surface area contributed by atoms with Gasteiger partial charge in [-0.25, -0.2) is 0 Å². The van der Waals surface area contributed by atoms with Crippen molar-refractivity contribution in [3.63, 3.8) is 0 Å². The lowest BCUT2D eigenvalue weighted by atomic mass is 9.89. The summed E-state index contributed by atoms with van der Waals surface area (Å²) in [5.74, 6) is 1.84. The van der Waals surface area contributed by atoms with Crippen LogP contribution in [0.25, 0.3) is 0 Å². The zero-order chi connectivity index (χ0) is 22.1. The summed E-state index contributed by atoms with van der Waals surface area (Å²) in [6.45, 7) is 8.39. The topological polar surface area (TPSA) is 61.4 Å². The molecule has 0 spiro atoms. The SMILES string of the molecule is CCNC(=NCC1(N(C)C)CCOCC1)NCC(c1ccccc1OC)N1CCCC1.I. The summed E-state index contributed by atoms with van der Waals surface area (Å²) in [6, 6.07) is 8.65. The number of rotatable bonds is 9. The van der Waals surface area contributed by atoms with Crippen LogP contribution in [0.1, 0.15) is 44.2 Å². The molecule has 2 fully saturated rings. The summed E-state index contributed by atoms with van der Waals surface area (Å²) in [7, 11) is 6.08. The molecule has 2 N–H and O–H groups in total. The summed E-state index contributed by atoms with van der Waals surface area (Å²) in [5.41, 5.74) is 1.31. The largest absolute Gasteiger partial charge is 0.496 e. The van der Waals surface area contributed by atoms with E-state index in [1.807, 2.05) is 6.07 Å². The fraction of sp³-hybridized carbons (Fsp3) is 0.708. The molecule has 1 aromatic carbocycles. The molecule has 2 heterocycles. The second-order valence-corrected chi connectivity index (χ2v) is 8.81. The molecule has 1 unspecified atom stereocenters. The Hall–Kier alpha value is -1.10. The maximum absolute atomic E-state index is 5.69. The van der Waals surface area contributed by atoms with Crippen molar-refractivity contribution >= 4 is 29.9 Å². The minimum atomic E-state index is 0. The van der Waals surface area contributed by atoms with Crippen LogP contribution in [0.3, 0.4) is 0 Å². The van der Waals surface area contributed by atoms with Crippen molar-refractivity contribution in [2.75, 3.05) is 67.1 Å². The number of hydrogen-bond donors (Lipinski definition) is 2. The molecule has 0 aromatic heterocycles. The van der Waals surface area contributed by atoms with Gasteiger partial charge in [-0.1, -0.05) is 18.2 Å². The number of ether oxygens (including phenoxy) is 2. The van der Waals surface area contributed by atoms with Crippen molar-refractivity contribution < 1.29 is 9.47 Å². The highest BCUT2D eigenvalue weighted by Gasteiger charge is 2.35. The maximum atomic E-state index is 5.69. The Morgan fingerprint density at radius 1 is 1.19 bits per heavy atom. The summed E-state index contributed by atoms with van der Waals surface area (Å²) >= 11 is 0. The third-order valence-electron chi connectivity index (χ3n) is 6.79. The van der Waals surface area contributed by atoms with Gasteiger partial charge in [-0.3, -0.25) is 9.89 Å². The first kappa shape index (κ1) is 27.1. The molecule has 2 aliphatic heterocycles. The summed E-state index contributed by atoms with van der Waals surface area (Å²) in [6.07, 6.45) is 4.54. The van der Waals surface area contributed by atoms with Crippen molar-refractivity contribution in [3.8, 4) is 5.75 Å². The molecule has 8 heteroatoms. The number of para-hydroxylation sites is 1. The highest BCUT2D eigenvalue weighted by atomic mass is 127. The van der Waals surface area contributed by atoms with E-state index in [1.165, 1.54) is 18.4 Å². The van der Waals surface area contributed by atoms with Gasteiger partial charge in [-0.05, 0) is 65.9 Å². The van der Waals surface area contributed by atoms with Gasteiger partial charge in [-0.2, -0.15) is 0 Å². The van der Waals surface area contributed by atoms with Gasteiger partial charge in [0.05, 0.1) is 19.7 Å².